The van der Waals surface area contributed by atoms with Gasteiger partial charge in [0, 0.05) is 30.6 Å². The van der Waals surface area contributed by atoms with Crippen LogP contribution in [0.4, 0.5) is 10.1 Å². The highest BCUT2D eigenvalue weighted by atomic mass is 19.1. The van der Waals surface area contributed by atoms with E-state index in [0.717, 1.165) is 6.07 Å². The van der Waals surface area contributed by atoms with Crippen molar-refractivity contribution in [1.29, 1.82) is 0 Å². The van der Waals surface area contributed by atoms with Crippen LogP contribution in [0.3, 0.4) is 0 Å². The number of hydrogen-bond acceptors (Lipinski definition) is 2. The van der Waals surface area contributed by atoms with Crippen LogP contribution in [-0.4, -0.2) is 18.6 Å². The Morgan fingerprint density at radius 3 is 2.82 bits per heavy atom. The van der Waals surface area contributed by atoms with E-state index in [1.807, 2.05) is 0 Å². The molecule has 0 bridgehead atoms. The van der Waals surface area contributed by atoms with Crippen LogP contribution in [0.25, 0.3) is 4.85 Å². The zero-order valence-corrected chi connectivity index (χ0v) is 9.47. The second-order valence-corrected chi connectivity index (χ2v) is 3.58. The number of amides is 1. The van der Waals surface area contributed by atoms with Crippen molar-refractivity contribution in [3.63, 3.8) is 0 Å². The molecule has 0 aliphatic rings. The van der Waals surface area contributed by atoms with Crippen LogP contribution in [0.2, 0.25) is 0 Å². The molecule has 1 unspecified atom stereocenters. The molecular formula is C12H14FN3O. The molecule has 17 heavy (non-hydrogen) atoms. The molecular weight excluding hydrogens is 221 g/mol. The summed E-state index contributed by atoms with van der Waals surface area (Å²) in [6.07, 6.45) is 0. The minimum atomic E-state index is -2.58. The zero-order valence-electron chi connectivity index (χ0n) is 12.5. The highest BCUT2D eigenvalue weighted by Gasteiger charge is 2.22. The highest BCUT2D eigenvalue weighted by Crippen LogP contribution is 2.19. The molecule has 0 saturated carbocycles. The van der Waals surface area contributed by atoms with Gasteiger partial charge >= 0.3 is 0 Å². The summed E-state index contributed by atoms with van der Waals surface area (Å²) in [6, 6.07) is 3.56. The molecule has 0 aromatic heterocycles. The van der Waals surface area contributed by atoms with Crippen LogP contribution in [0.15, 0.2) is 18.2 Å². The van der Waals surface area contributed by atoms with E-state index in [1.165, 1.54) is 26.1 Å². The lowest BCUT2D eigenvalue weighted by molar-refractivity contribution is 0.0959. The van der Waals surface area contributed by atoms with Crippen LogP contribution >= 0.6 is 0 Å². The van der Waals surface area contributed by atoms with Gasteiger partial charge in [-0.1, -0.05) is 0 Å². The van der Waals surface area contributed by atoms with Gasteiger partial charge in [-0.05, 0) is 18.2 Å². The molecule has 2 N–H and O–H groups in total. The molecule has 0 radical (unpaired) electrons. The Kier molecular flexibility index (Phi) is 2.55. The second kappa shape index (κ2) is 4.83. The number of carbonyl (C=O) groups excluding carboxylic acids is 1. The Morgan fingerprint density at radius 1 is 1.65 bits per heavy atom. The van der Waals surface area contributed by atoms with E-state index in [4.69, 9.17) is 10.7 Å². The van der Waals surface area contributed by atoms with Crippen molar-refractivity contribution < 1.29 is 13.3 Å². The Morgan fingerprint density at radius 2 is 2.35 bits per heavy atom. The highest BCUT2D eigenvalue weighted by molar-refractivity contribution is 5.94. The lowest BCUT2D eigenvalue weighted by Gasteiger charge is -2.15. The Balaban J connectivity index is 3.10. The van der Waals surface area contributed by atoms with Gasteiger partial charge in [-0.15, -0.1) is 0 Å². The predicted molar refractivity (Wildman–Crippen MR) is 64.1 cm³/mol. The van der Waals surface area contributed by atoms with E-state index >= 15 is 0 Å². The van der Waals surface area contributed by atoms with E-state index in [1.54, 1.807) is 0 Å². The van der Waals surface area contributed by atoms with Crippen molar-refractivity contribution >= 4 is 11.6 Å². The first-order valence-electron chi connectivity index (χ1n) is 6.33. The number of anilines is 1. The Hall–Kier alpha value is -2.09. The monoisotopic (exact) mass is 238 g/mol. The van der Waals surface area contributed by atoms with E-state index < -0.39 is 24.2 Å². The number of hydrogen-bond donors (Lipinski definition) is 2. The summed E-state index contributed by atoms with van der Waals surface area (Å²) >= 11 is 0. The van der Waals surface area contributed by atoms with E-state index in [9.17, 15) is 9.18 Å². The number of halogens is 1. The molecule has 0 aliphatic heterocycles. The molecule has 0 saturated heterocycles. The Bertz CT molecular complexity index is 568. The molecule has 1 rings (SSSR count). The molecule has 1 atom stereocenters. The average molecular weight is 238 g/mol. The van der Waals surface area contributed by atoms with Crippen molar-refractivity contribution in [2.75, 3.05) is 12.4 Å². The smallest absolute Gasteiger partial charge is 0.299 e. The van der Waals surface area contributed by atoms with Gasteiger partial charge in [-0.25, -0.2) is 11.0 Å². The van der Waals surface area contributed by atoms with Gasteiger partial charge < -0.3 is 10.6 Å². The van der Waals surface area contributed by atoms with Gasteiger partial charge in [0.1, 0.15) is 5.82 Å². The number of nitrogens with zero attached hydrogens (tertiary/aromatic N) is 1. The van der Waals surface area contributed by atoms with Crippen molar-refractivity contribution in [3.05, 3.63) is 41.0 Å². The summed E-state index contributed by atoms with van der Waals surface area (Å²) in [5.74, 6) is -1.38. The minimum absolute atomic E-state index is 0.116. The van der Waals surface area contributed by atoms with Gasteiger partial charge in [0.2, 0.25) is 0 Å². The summed E-state index contributed by atoms with van der Waals surface area (Å²) in [4.78, 5) is 14.4. The molecule has 1 amide bonds. The molecule has 4 nitrogen and oxygen atoms in total. The van der Waals surface area contributed by atoms with E-state index in [0.29, 0.717) is 0 Å². The number of carbonyl (C=O) groups is 1. The first-order valence-corrected chi connectivity index (χ1v) is 4.83. The third-order valence-electron chi connectivity index (χ3n) is 2.05. The van der Waals surface area contributed by atoms with Crippen molar-refractivity contribution in [2.24, 2.45) is 0 Å². The van der Waals surface area contributed by atoms with Gasteiger partial charge in [0.05, 0.1) is 5.56 Å². The normalized spacial score (nSPS) is 16.7. The van der Waals surface area contributed by atoms with Crippen LogP contribution in [0.1, 0.15) is 28.2 Å². The minimum Gasteiger partial charge on any atom is -0.355 e. The fraction of sp³-hybridized carbons (Fsp3) is 0.333. The lowest BCUT2D eigenvalue weighted by Crippen LogP contribution is -2.26. The molecule has 90 valence electrons. The fourth-order valence-electron chi connectivity index (χ4n) is 1.22. The standard InChI is InChI=1S/C12H14FN3O/c1-12(2,15-4)16-8-5-6-9(10(13)7-8)11(17)14-3/h5-7,16H,1-3H3,(H,14,17)/i1D3. The summed E-state index contributed by atoms with van der Waals surface area (Å²) < 4.78 is 35.7. The summed E-state index contributed by atoms with van der Waals surface area (Å²) in [6.45, 7) is 5.63. The number of nitrogens with one attached hydrogen (secondary N) is 2. The first-order chi connectivity index (χ1) is 9.14. The lowest BCUT2D eigenvalue weighted by atomic mass is 10.1. The van der Waals surface area contributed by atoms with Crippen LogP contribution in [-0.2, 0) is 0 Å². The number of benzene rings is 1. The largest absolute Gasteiger partial charge is 0.355 e. The quantitative estimate of drug-likeness (QED) is 0.793. The summed E-state index contributed by atoms with van der Waals surface area (Å²) in [5.41, 5.74) is -1.91. The third-order valence-corrected chi connectivity index (χ3v) is 2.05. The maximum atomic E-state index is 13.7. The maximum Gasteiger partial charge on any atom is 0.299 e. The van der Waals surface area contributed by atoms with Gasteiger partial charge in [0.25, 0.3) is 11.6 Å². The van der Waals surface area contributed by atoms with E-state index in [-0.39, 0.29) is 11.3 Å². The van der Waals surface area contributed by atoms with Crippen molar-refractivity contribution in [2.45, 2.75) is 19.4 Å². The molecule has 0 heterocycles. The molecule has 0 spiro atoms. The van der Waals surface area contributed by atoms with Crippen molar-refractivity contribution in [1.82, 2.24) is 5.32 Å². The van der Waals surface area contributed by atoms with Crippen LogP contribution < -0.4 is 10.6 Å². The molecule has 5 heteroatoms. The number of rotatable bonds is 3. The fourth-order valence-corrected chi connectivity index (χ4v) is 1.22. The zero-order chi connectivity index (χ0) is 15.6. The summed E-state index contributed by atoms with van der Waals surface area (Å²) in [7, 11) is 1.37. The van der Waals surface area contributed by atoms with E-state index in [2.05, 4.69) is 15.5 Å². The molecule has 1 aromatic carbocycles. The van der Waals surface area contributed by atoms with Gasteiger partial charge in [0.15, 0.2) is 0 Å². The molecule has 0 aliphatic carbocycles. The van der Waals surface area contributed by atoms with Gasteiger partial charge in [-0.2, -0.15) is 0 Å². The summed E-state index contributed by atoms with van der Waals surface area (Å²) in [5, 5.41) is 4.77. The molecule has 0 fully saturated rings. The van der Waals surface area contributed by atoms with Crippen LogP contribution in [0, 0.1) is 12.4 Å². The first kappa shape index (κ1) is 8.99. The van der Waals surface area contributed by atoms with Crippen molar-refractivity contribution in [3.8, 4) is 0 Å². The van der Waals surface area contributed by atoms with Crippen LogP contribution in [0.5, 0.6) is 0 Å². The van der Waals surface area contributed by atoms with Gasteiger partial charge in [-0.3, -0.25) is 9.64 Å². The second-order valence-electron chi connectivity index (χ2n) is 3.58. The Labute approximate surface area is 104 Å². The SMILES string of the molecule is [2H]C([2H])([2H])C(C)([N+]#[C-])Nc1ccc(C(=O)NC)c(F)c1. The maximum absolute atomic E-state index is 13.7. The predicted octanol–water partition coefficient (Wildman–Crippen LogP) is 2.25. The topological polar surface area (TPSA) is 45.5 Å². The average Bonchev–Trinajstić information content (AvgIpc) is 2.36. The molecule has 1 aromatic rings. The third kappa shape index (κ3) is 3.18.